The molecule has 0 saturated heterocycles. The zero-order valence-corrected chi connectivity index (χ0v) is 41.8. The van der Waals surface area contributed by atoms with Crippen molar-refractivity contribution < 1.29 is 47.6 Å². The average Bonchev–Trinajstić information content (AvgIpc) is 3.38. The van der Waals surface area contributed by atoms with Gasteiger partial charge in [0.1, 0.15) is 28.7 Å². The van der Waals surface area contributed by atoms with Crippen molar-refractivity contribution in [2.24, 2.45) is 0 Å². The summed E-state index contributed by atoms with van der Waals surface area (Å²) in [5.41, 5.74) is 2.57. The number of unbranched alkanes of at least 4 members (excludes halogenated alkanes) is 18. The molecule has 0 saturated carbocycles. The highest BCUT2D eigenvalue weighted by Gasteiger charge is 2.18. The Kier molecular flexibility index (Phi) is 24.8. The van der Waals surface area contributed by atoms with E-state index in [1.807, 2.05) is 6.07 Å². The van der Waals surface area contributed by atoms with Gasteiger partial charge in [0.05, 0.1) is 23.3 Å². The third kappa shape index (κ3) is 20.4. The van der Waals surface area contributed by atoms with Gasteiger partial charge < -0.3 is 28.4 Å². The highest BCUT2D eigenvalue weighted by Crippen LogP contribution is 2.26. The van der Waals surface area contributed by atoms with Crippen LogP contribution in [-0.4, -0.2) is 43.2 Å². The smallest absolute Gasteiger partial charge is 0.343 e. The Hall–Kier alpha value is -6.26. The van der Waals surface area contributed by atoms with Crippen LogP contribution in [0.2, 0.25) is 0 Å². The van der Waals surface area contributed by atoms with E-state index in [-0.39, 0.29) is 11.3 Å². The molecule has 0 N–H and O–H groups in total. The summed E-state index contributed by atoms with van der Waals surface area (Å²) < 4.78 is 33.9. The van der Waals surface area contributed by atoms with Crippen molar-refractivity contribution >= 4 is 23.9 Å². The standard InChI is InChI=1S/C60H74O10/c1-4-6-8-10-12-14-16-18-20-22-43-65-46(3)57(61)67-53-37-31-49(32-38-53)59(63)68-54-35-27-47(28-36-54)50-25-24-26-51(45-50)60(64)70-56-41-39-55(40-42-56)69-58(62)48-29-33-52(34-30-48)66-44-23-21-19-17-15-13-11-9-7-5-2/h24-42,45-46H,4-23,43-44H2,1-3H3/t46-/m0/s1. The van der Waals surface area contributed by atoms with E-state index >= 15 is 0 Å². The van der Waals surface area contributed by atoms with Crippen molar-refractivity contribution in [1.82, 2.24) is 0 Å². The summed E-state index contributed by atoms with van der Waals surface area (Å²) in [6, 6.07) is 33.3. The fraction of sp³-hybridized carbons (Fsp3) is 0.433. The van der Waals surface area contributed by atoms with Crippen molar-refractivity contribution in [3.05, 3.63) is 138 Å². The van der Waals surface area contributed by atoms with E-state index in [0.717, 1.165) is 36.8 Å². The van der Waals surface area contributed by atoms with Gasteiger partial charge in [-0.15, -0.1) is 0 Å². The molecule has 0 spiro atoms. The SMILES string of the molecule is CCCCCCCCCCCCOc1ccc(C(=O)Oc2ccc(OC(=O)c3cccc(-c4ccc(OC(=O)c5ccc(OC(=O)[C@H](C)OCCCCCCCCCCCC)cc5)cc4)c3)cc2)cc1. The van der Waals surface area contributed by atoms with E-state index in [1.165, 1.54) is 103 Å². The molecule has 0 bridgehead atoms. The molecule has 0 fully saturated rings. The number of hydrogen-bond acceptors (Lipinski definition) is 10. The summed E-state index contributed by atoms with van der Waals surface area (Å²) in [6.45, 7) is 7.32. The summed E-state index contributed by atoms with van der Waals surface area (Å²) in [5, 5.41) is 0. The van der Waals surface area contributed by atoms with E-state index in [9.17, 15) is 19.2 Å². The van der Waals surface area contributed by atoms with Gasteiger partial charge in [-0.05, 0) is 128 Å². The molecule has 0 heterocycles. The molecule has 0 aromatic heterocycles. The van der Waals surface area contributed by atoms with Crippen LogP contribution in [0, 0.1) is 0 Å². The highest BCUT2D eigenvalue weighted by atomic mass is 16.6. The number of esters is 4. The molecule has 374 valence electrons. The van der Waals surface area contributed by atoms with Crippen LogP contribution in [0.4, 0.5) is 0 Å². The second-order valence-electron chi connectivity index (χ2n) is 17.9. The van der Waals surface area contributed by atoms with E-state index in [0.29, 0.717) is 47.3 Å². The first kappa shape index (κ1) is 54.7. The van der Waals surface area contributed by atoms with Crippen LogP contribution in [0.15, 0.2) is 121 Å². The first-order valence-corrected chi connectivity index (χ1v) is 25.9. The number of carbonyl (C=O) groups excluding carboxylic acids is 4. The second kappa shape index (κ2) is 31.8. The van der Waals surface area contributed by atoms with E-state index < -0.39 is 30.0 Å². The molecule has 0 aliphatic rings. The normalized spacial score (nSPS) is 11.4. The minimum atomic E-state index is -0.701. The number of ether oxygens (including phenoxy) is 6. The number of carbonyl (C=O) groups is 4. The Morgan fingerprint density at radius 2 is 0.743 bits per heavy atom. The van der Waals surface area contributed by atoms with Crippen LogP contribution in [0.5, 0.6) is 28.7 Å². The zero-order chi connectivity index (χ0) is 49.6. The number of rotatable bonds is 33. The van der Waals surface area contributed by atoms with Gasteiger partial charge in [0.15, 0.2) is 6.10 Å². The molecule has 5 aromatic rings. The third-order valence-corrected chi connectivity index (χ3v) is 12.1. The lowest BCUT2D eigenvalue weighted by molar-refractivity contribution is -0.146. The summed E-state index contributed by atoms with van der Waals surface area (Å²) >= 11 is 0. The van der Waals surface area contributed by atoms with Crippen molar-refractivity contribution in [1.29, 1.82) is 0 Å². The van der Waals surface area contributed by atoms with E-state index in [2.05, 4.69) is 13.8 Å². The van der Waals surface area contributed by atoms with Gasteiger partial charge in [0.2, 0.25) is 0 Å². The Morgan fingerprint density at radius 3 is 1.21 bits per heavy atom. The number of hydrogen-bond donors (Lipinski definition) is 0. The fourth-order valence-corrected chi connectivity index (χ4v) is 7.86. The van der Waals surface area contributed by atoms with Gasteiger partial charge in [-0.2, -0.15) is 0 Å². The van der Waals surface area contributed by atoms with Gasteiger partial charge >= 0.3 is 23.9 Å². The lowest BCUT2D eigenvalue weighted by Gasteiger charge is -2.13. The van der Waals surface area contributed by atoms with Gasteiger partial charge in [0, 0.05) is 6.61 Å². The van der Waals surface area contributed by atoms with Crippen LogP contribution >= 0.6 is 0 Å². The van der Waals surface area contributed by atoms with E-state index in [1.54, 1.807) is 122 Å². The Balaban J connectivity index is 0.984. The van der Waals surface area contributed by atoms with Gasteiger partial charge in [-0.25, -0.2) is 19.2 Å². The molecule has 0 unspecified atom stereocenters. The molecular formula is C60H74O10. The first-order valence-electron chi connectivity index (χ1n) is 25.9. The topological polar surface area (TPSA) is 124 Å². The van der Waals surface area contributed by atoms with Gasteiger partial charge in [0.25, 0.3) is 0 Å². The predicted octanol–water partition coefficient (Wildman–Crippen LogP) is 15.5. The maximum atomic E-state index is 13.2. The van der Waals surface area contributed by atoms with Crippen molar-refractivity contribution in [2.75, 3.05) is 13.2 Å². The Bertz CT molecular complexity index is 2280. The zero-order valence-electron chi connectivity index (χ0n) is 41.8. The maximum absolute atomic E-state index is 13.2. The summed E-state index contributed by atoms with van der Waals surface area (Å²) in [6.07, 6.45) is 24.3. The van der Waals surface area contributed by atoms with Crippen molar-refractivity contribution in [3.63, 3.8) is 0 Å². The minimum absolute atomic E-state index is 0.287. The number of benzene rings is 5. The van der Waals surface area contributed by atoms with Crippen LogP contribution in [0.1, 0.15) is 180 Å². The molecule has 5 aromatic carbocycles. The molecule has 0 aliphatic carbocycles. The molecule has 70 heavy (non-hydrogen) atoms. The monoisotopic (exact) mass is 955 g/mol. The molecule has 0 radical (unpaired) electrons. The van der Waals surface area contributed by atoms with Gasteiger partial charge in [-0.3, -0.25) is 0 Å². The van der Waals surface area contributed by atoms with E-state index in [4.69, 9.17) is 28.4 Å². The summed E-state index contributed by atoms with van der Waals surface area (Å²) in [5.74, 6) is -0.177. The van der Waals surface area contributed by atoms with Crippen molar-refractivity contribution in [2.45, 2.75) is 155 Å². The molecule has 1 atom stereocenters. The largest absolute Gasteiger partial charge is 0.494 e. The minimum Gasteiger partial charge on any atom is -0.494 e. The van der Waals surface area contributed by atoms with Crippen LogP contribution in [0.3, 0.4) is 0 Å². The fourth-order valence-electron chi connectivity index (χ4n) is 7.86. The van der Waals surface area contributed by atoms with Crippen LogP contribution < -0.4 is 23.7 Å². The summed E-state index contributed by atoms with van der Waals surface area (Å²) in [7, 11) is 0. The molecule has 10 heteroatoms. The molecule has 0 aliphatic heterocycles. The third-order valence-electron chi connectivity index (χ3n) is 12.1. The Labute approximate surface area is 416 Å². The molecule has 0 amide bonds. The first-order chi connectivity index (χ1) is 34.2. The second-order valence-corrected chi connectivity index (χ2v) is 17.9. The maximum Gasteiger partial charge on any atom is 0.343 e. The average molecular weight is 955 g/mol. The lowest BCUT2D eigenvalue weighted by Crippen LogP contribution is -2.26. The quantitative estimate of drug-likeness (QED) is 0.0228. The Morgan fingerprint density at radius 1 is 0.371 bits per heavy atom. The van der Waals surface area contributed by atoms with Crippen LogP contribution in [0.25, 0.3) is 11.1 Å². The van der Waals surface area contributed by atoms with Crippen LogP contribution in [-0.2, 0) is 9.53 Å². The van der Waals surface area contributed by atoms with Gasteiger partial charge in [-0.1, -0.05) is 154 Å². The molecular weight excluding hydrogens is 881 g/mol. The summed E-state index contributed by atoms with van der Waals surface area (Å²) in [4.78, 5) is 51.5. The predicted molar refractivity (Wildman–Crippen MR) is 276 cm³/mol. The lowest BCUT2D eigenvalue weighted by atomic mass is 10.0. The van der Waals surface area contributed by atoms with Crippen molar-refractivity contribution in [3.8, 4) is 39.9 Å². The molecule has 10 nitrogen and oxygen atoms in total. The molecule has 5 rings (SSSR count). The highest BCUT2D eigenvalue weighted by molar-refractivity contribution is 5.93.